The molecular formula is C23H31N5O3. The molecule has 2 heterocycles. The maximum atomic E-state index is 12.8. The number of anilines is 2. The molecule has 2 aromatic rings. The maximum absolute atomic E-state index is 12.8. The molecule has 0 radical (unpaired) electrons. The van der Waals surface area contributed by atoms with Crippen molar-refractivity contribution in [3.8, 4) is 0 Å². The van der Waals surface area contributed by atoms with Gasteiger partial charge in [0.15, 0.2) is 0 Å². The van der Waals surface area contributed by atoms with E-state index in [9.17, 15) is 9.59 Å². The van der Waals surface area contributed by atoms with Gasteiger partial charge in [0.2, 0.25) is 5.91 Å². The average Bonchev–Trinajstić information content (AvgIpc) is 2.77. The summed E-state index contributed by atoms with van der Waals surface area (Å²) in [5, 5.41) is 5.51. The van der Waals surface area contributed by atoms with E-state index in [1.807, 2.05) is 56.3 Å². The molecular weight excluding hydrogens is 394 g/mol. The SMILES string of the molecule is CC(C)C(NC(=O)OCc1ccccc1)C(=O)Nc1ccc(N2CCN(C)CC2)nc1. The van der Waals surface area contributed by atoms with Gasteiger partial charge in [-0.25, -0.2) is 9.78 Å². The highest BCUT2D eigenvalue weighted by Crippen LogP contribution is 2.16. The fourth-order valence-corrected chi connectivity index (χ4v) is 3.33. The first-order valence-corrected chi connectivity index (χ1v) is 10.6. The minimum atomic E-state index is -0.722. The third-order valence-electron chi connectivity index (χ3n) is 5.28. The van der Waals surface area contributed by atoms with E-state index < -0.39 is 12.1 Å². The first-order valence-electron chi connectivity index (χ1n) is 10.6. The van der Waals surface area contributed by atoms with Crippen LogP contribution in [0.3, 0.4) is 0 Å². The number of amides is 2. The van der Waals surface area contributed by atoms with Crippen molar-refractivity contribution < 1.29 is 14.3 Å². The molecule has 0 bridgehead atoms. The Labute approximate surface area is 183 Å². The topological polar surface area (TPSA) is 86.8 Å². The molecule has 3 rings (SSSR count). The lowest BCUT2D eigenvalue weighted by Crippen LogP contribution is -2.47. The van der Waals surface area contributed by atoms with E-state index in [1.165, 1.54) is 0 Å². The van der Waals surface area contributed by atoms with E-state index in [-0.39, 0.29) is 18.4 Å². The second-order valence-electron chi connectivity index (χ2n) is 8.11. The van der Waals surface area contributed by atoms with Crippen LogP contribution in [-0.4, -0.2) is 61.2 Å². The number of piperazine rings is 1. The molecule has 0 saturated carbocycles. The molecule has 1 atom stereocenters. The van der Waals surface area contributed by atoms with Crippen molar-refractivity contribution in [3.05, 3.63) is 54.2 Å². The molecule has 2 N–H and O–H groups in total. The zero-order valence-electron chi connectivity index (χ0n) is 18.4. The van der Waals surface area contributed by atoms with Crippen molar-refractivity contribution in [2.24, 2.45) is 5.92 Å². The number of nitrogens with one attached hydrogen (secondary N) is 2. The average molecular weight is 426 g/mol. The molecule has 31 heavy (non-hydrogen) atoms. The van der Waals surface area contributed by atoms with Gasteiger partial charge in [-0.3, -0.25) is 4.79 Å². The second kappa shape index (κ2) is 10.8. The Morgan fingerprint density at radius 3 is 2.39 bits per heavy atom. The van der Waals surface area contributed by atoms with Crippen LogP contribution in [0.15, 0.2) is 48.7 Å². The van der Waals surface area contributed by atoms with Gasteiger partial charge in [0.25, 0.3) is 0 Å². The molecule has 0 spiro atoms. The molecule has 1 aliphatic rings. The number of nitrogens with zero attached hydrogens (tertiary/aromatic N) is 3. The van der Waals surface area contributed by atoms with E-state index in [2.05, 4.69) is 32.5 Å². The molecule has 8 heteroatoms. The summed E-state index contributed by atoms with van der Waals surface area (Å²) in [6.07, 6.45) is 1.03. The van der Waals surface area contributed by atoms with Gasteiger partial charge in [-0.1, -0.05) is 44.2 Å². The van der Waals surface area contributed by atoms with Gasteiger partial charge >= 0.3 is 6.09 Å². The van der Waals surface area contributed by atoms with E-state index >= 15 is 0 Å². The largest absolute Gasteiger partial charge is 0.445 e. The quantitative estimate of drug-likeness (QED) is 0.709. The maximum Gasteiger partial charge on any atom is 0.408 e. The van der Waals surface area contributed by atoms with E-state index in [0.29, 0.717) is 5.69 Å². The number of carbonyl (C=O) groups excluding carboxylic acids is 2. The summed E-state index contributed by atoms with van der Waals surface area (Å²) in [5.41, 5.74) is 1.47. The minimum absolute atomic E-state index is 0.109. The van der Waals surface area contributed by atoms with Crippen molar-refractivity contribution in [1.82, 2.24) is 15.2 Å². The molecule has 2 amide bonds. The number of hydrogen-bond donors (Lipinski definition) is 2. The van der Waals surface area contributed by atoms with Gasteiger partial charge in [-0.05, 0) is 30.7 Å². The number of carbonyl (C=O) groups is 2. The highest BCUT2D eigenvalue weighted by Gasteiger charge is 2.25. The molecule has 1 aromatic heterocycles. The zero-order valence-corrected chi connectivity index (χ0v) is 18.4. The Morgan fingerprint density at radius 1 is 1.06 bits per heavy atom. The monoisotopic (exact) mass is 425 g/mol. The van der Waals surface area contributed by atoms with Crippen molar-refractivity contribution in [1.29, 1.82) is 0 Å². The molecule has 8 nitrogen and oxygen atoms in total. The summed E-state index contributed by atoms with van der Waals surface area (Å²) in [7, 11) is 2.11. The first-order chi connectivity index (χ1) is 14.9. The van der Waals surface area contributed by atoms with Gasteiger partial charge in [-0.15, -0.1) is 0 Å². The Kier molecular flexibility index (Phi) is 7.83. The number of ether oxygens (including phenoxy) is 1. The number of pyridine rings is 1. The standard InChI is InChI=1S/C23H31N5O3/c1-17(2)21(26-23(30)31-16-18-7-5-4-6-8-18)22(29)25-19-9-10-20(24-15-19)28-13-11-27(3)12-14-28/h4-10,15,17,21H,11-14,16H2,1-3H3,(H,25,29)(H,26,30). The van der Waals surface area contributed by atoms with Gasteiger partial charge < -0.3 is 25.2 Å². The number of alkyl carbamates (subject to hydrolysis) is 1. The number of rotatable bonds is 7. The highest BCUT2D eigenvalue weighted by molar-refractivity contribution is 5.96. The van der Waals surface area contributed by atoms with Crippen molar-refractivity contribution in [2.45, 2.75) is 26.5 Å². The third-order valence-corrected chi connectivity index (χ3v) is 5.28. The lowest BCUT2D eigenvalue weighted by atomic mass is 10.0. The summed E-state index contributed by atoms with van der Waals surface area (Å²) >= 11 is 0. The first kappa shape index (κ1) is 22.6. The summed E-state index contributed by atoms with van der Waals surface area (Å²) in [6, 6.07) is 12.4. The van der Waals surface area contributed by atoms with Crippen LogP contribution in [0, 0.1) is 5.92 Å². The van der Waals surface area contributed by atoms with Crippen LogP contribution < -0.4 is 15.5 Å². The fraction of sp³-hybridized carbons (Fsp3) is 0.435. The van der Waals surface area contributed by atoms with Crippen LogP contribution in [0.25, 0.3) is 0 Å². The third kappa shape index (κ3) is 6.68. The summed E-state index contributed by atoms with van der Waals surface area (Å²) < 4.78 is 5.25. The number of benzene rings is 1. The molecule has 1 unspecified atom stereocenters. The van der Waals surface area contributed by atoms with Crippen LogP contribution in [0.2, 0.25) is 0 Å². The van der Waals surface area contributed by atoms with Crippen LogP contribution in [-0.2, 0) is 16.1 Å². The molecule has 1 aliphatic heterocycles. The molecule has 1 aromatic carbocycles. The van der Waals surface area contributed by atoms with Crippen LogP contribution >= 0.6 is 0 Å². The van der Waals surface area contributed by atoms with Crippen molar-refractivity contribution >= 4 is 23.5 Å². The van der Waals surface area contributed by atoms with E-state index in [4.69, 9.17) is 4.74 Å². The van der Waals surface area contributed by atoms with Crippen molar-refractivity contribution in [3.63, 3.8) is 0 Å². The Morgan fingerprint density at radius 2 is 1.77 bits per heavy atom. The summed E-state index contributed by atoms with van der Waals surface area (Å²) in [6.45, 7) is 7.76. The summed E-state index contributed by atoms with van der Waals surface area (Å²) in [4.78, 5) is 34.0. The van der Waals surface area contributed by atoms with Gasteiger partial charge in [0, 0.05) is 26.2 Å². The Hall–Kier alpha value is -3.13. The smallest absolute Gasteiger partial charge is 0.408 e. The number of likely N-dealkylation sites (N-methyl/N-ethyl adjacent to an activating group) is 1. The fourth-order valence-electron chi connectivity index (χ4n) is 3.33. The molecule has 166 valence electrons. The second-order valence-corrected chi connectivity index (χ2v) is 8.11. The van der Waals surface area contributed by atoms with Crippen molar-refractivity contribution in [2.75, 3.05) is 43.4 Å². The van der Waals surface area contributed by atoms with Crippen LogP contribution in [0.4, 0.5) is 16.3 Å². The Bertz CT molecular complexity index is 849. The Balaban J connectivity index is 1.53. The van der Waals surface area contributed by atoms with Gasteiger partial charge in [0.1, 0.15) is 18.5 Å². The summed E-state index contributed by atoms with van der Waals surface area (Å²) in [5.74, 6) is 0.483. The number of aromatic nitrogens is 1. The number of hydrogen-bond acceptors (Lipinski definition) is 6. The predicted octanol–water partition coefficient (Wildman–Crippen LogP) is 2.72. The highest BCUT2D eigenvalue weighted by atomic mass is 16.5. The minimum Gasteiger partial charge on any atom is -0.445 e. The van der Waals surface area contributed by atoms with Gasteiger partial charge in [-0.2, -0.15) is 0 Å². The lowest BCUT2D eigenvalue weighted by molar-refractivity contribution is -0.119. The van der Waals surface area contributed by atoms with E-state index in [1.54, 1.807) is 6.20 Å². The van der Waals surface area contributed by atoms with Crippen LogP contribution in [0.1, 0.15) is 19.4 Å². The van der Waals surface area contributed by atoms with Crippen LogP contribution in [0.5, 0.6) is 0 Å². The van der Waals surface area contributed by atoms with Gasteiger partial charge in [0.05, 0.1) is 11.9 Å². The normalized spacial score (nSPS) is 15.4. The predicted molar refractivity (Wildman–Crippen MR) is 121 cm³/mol. The lowest BCUT2D eigenvalue weighted by Gasteiger charge is -2.33. The molecule has 0 aliphatic carbocycles. The zero-order chi connectivity index (χ0) is 22.2. The molecule has 1 saturated heterocycles. The van der Waals surface area contributed by atoms with E-state index in [0.717, 1.165) is 37.6 Å². The molecule has 1 fully saturated rings.